The minimum atomic E-state index is -4.90. The second kappa shape index (κ2) is 9.34. The summed E-state index contributed by atoms with van der Waals surface area (Å²) in [5, 5.41) is 15.4. The molecule has 0 aromatic carbocycles. The van der Waals surface area contributed by atoms with E-state index < -0.39 is 39.7 Å². The van der Waals surface area contributed by atoms with Crippen molar-refractivity contribution in [2.24, 2.45) is 12.5 Å². The second-order valence-corrected chi connectivity index (χ2v) is 11.0. The van der Waals surface area contributed by atoms with Gasteiger partial charge in [0, 0.05) is 17.8 Å². The lowest BCUT2D eigenvalue weighted by molar-refractivity contribution is -0.150. The second-order valence-electron chi connectivity index (χ2n) is 9.75. The van der Waals surface area contributed by atoms with Gasteiger partial charge in [0.25, 0.3) is 0 Å². The molecule has 0 unspecified atom stereocenters. The maximum absolute atomic E-state index is 13.9. The Morgan fingerprint density at radius 3 is 2.38 bits per heavy atom. The van der Waals surface area contributed by atoms with Crippen LogP contribution in [-0.4, -0.2) is 20.7 Å². The number of ether oxygens (including phenoxy) is 1. The van der Waals surface area contributed by atoms with Gasteiger partial charge in [-0.15, -0.1) is 11.3 Å². The van der Waals surface area contributed by atoms with Crippen LogP contribution in [0, 0.1) is 16.7 Å². The Morgan fingerprint density at radius 1 is 1.26 bits per heavy atom. The molecule has 1 aliphatic carbocycles. The third-order valence-corrected chi connectivity index (χ3v) is 7.56. The molecule has 0 radical (unpaired) electrons. The van der Waals surface area contributed by atoms with Crippen LogP contribution in [-0.2, 0) is 28.2 Å². The molecule has 11 heteroatoms. The lowest BCUT2D eigenvalue weighted by Gasteiger charge is -2.31. The van der Waals surface area contributed by atoms with Crippen molar-refractivity contribution in [1.82, 2.24) is 14.8 Å². The Hall–Kier alpha value is -2.38. The quantitative estimate of drug-likeness (QED) is 0.256. The number of aryl methyl sites for hydroxylation is 1. The van der Waals surface area contributed by atoms with E-state index in [1.54, 1.807) is 12.3 Å². The van der Waals surface area contributed by atoms with Crippen LogP contribution in [0.5, 0.6) is 0 Å². The van der Waals surface area contributed by atoms with Crippen LogP contribution in [0.4, 0.5) is 13.2 Å². The molecule has 0 N–H and O–H groups in total. The van der Waals surface area contributed by atoms with Crippen LogP contribution in [0.25, 0.3) is 11.3 Å². The van der Waals surface area contributed by atoms with Crippen LogP contribution >= 0.6 is 22.9 Å². The van der Waals surface area contributed by atoms with E-state index in [2.05, 4.69) is 10.1 Å². The molecule has 2 aromatic rings. The van der Waals surface area contributed by atoms with Gasteiger partial charge in [-0.05, 0) is 19.8 Å². The number of carbonyl (C=O) groups is 1. The first kappa shape index (κ1) is 26.2. The number of thiazole rings is 1. The Bertz CT molecular complexity index is 1160. The van der Waals surface area contributed by atoms with E-state index in [1.165, 1.54) is 18.4 Å². The number of hydrogen-bond donors (Lipinski definition) is 0. The number of rotatable bonds is 4. The summed E-state index contributed by atoms with van der Waals surface area (Å²) in [5.74, 6) is -1.27. The lowest BCUT2D eigenvalue weighted by Crippen LogP contribution is -2.32. The van der Waals surface area contributed by atoms with E-state index in [0.29, 0.717) is 17.8 Å². The fourth-order valence-corrected chi connectivity index (χ4v) is 4.95. The highest BCUT2D eigenvalue weighted by atomic mass is 35.5. The monoisotopic (exact) mass is 514 g/mol. The molecule has 34 heavy (non-hydrogen) atoms. The Morgan fingerprint density at radius 2 is 1.88 bits per heavy atom. The molecule has 0 aliphatic heterocycles. The van der Waals surface area contributed by atoms with Gasteiger partial charge in [0.05, 0.1) is 21.7 Å². The normalized spacial score (nSPS) is 17.2. The number of halogens is 4. The summed E-state index contributed by atoms with van der Waals surface area (Å²) >= 11 is 7.50. The van der Waals surface area contributed by atoms with Gasteiger partial charge in [-0.1, -0.05) is 51.6 Å². The predicted molar refractivity (Wildman–Crippen MR) is 124 cm³/mol. The van der Waals surface area contributed by atoms with Gasteiger partial charge in [-0.25, -0.2) is 4.98 Å². The maximum Gasteiger partial charge on any atom is 0.435 e. The number of carbonyl (C=O) groups excluding carboxylic acids is 1. The lowest BCUT2D eigenvalue weighted by atomic mass is 9.76. The first-order valence-corrected chi connectivity index (χ1v) is 12.1. The predicted octanol–water partition coefficient (Wildman–Crippen LogP) is 6.75. The Balaban J connectivity index is 2.26. The van der Waals surface area contributed by atoms with Crippen molar-refractivity contribution < 1.29 is 22.7 Å². The number of allylic oxidation sites excluding steroid dienone is 1. The minimum absolute atomic E-state index is 0.113. The smallest absolute Gasteiger partial charge is 0.424 e. The molecule has 6 nitrogen and oxygen atoms in total. The number of nitriles is 1. The number of nitrogens with zero attached hydrogens (tertiary/aromatic N) is 4. The highest BCUT2D eigenvalue weighted by Gasteiger charge is 2.44. The van der Waals surface area contributed by atoms with Crippen molar-refractivity contribution in [3.05, 3.63) is 32.5 Å². The Labute approximate surface area is 205 Å². The van der Waals surface area contributed by atoms with Crippen molar-refractivity contribution >= 4 is 40.2 Å². The topological polar surface area (TPSA) is 80.8 Å². The van der Waals surface area contributed by atoms with Gasteiger partial charge in [0.2, 0.25) is 0 Å². The first-order chi connectivity index (χ1) is 15.7. The van der Waals surface area contributed by atoms with E-state index in [9.17, 15) is 23.2 Å². The fraction of sp³-hybridized carbons (Fsp3) is 0.565. The summed E-state index contributed by atoms with van der Waals surface area (Å²) < 4.78 is 48.2. The molecule has 1 saturated carbocycles. The summed E-state index contributed by atoms with van der Waals surface area (Å²) in [6.45, 7) is 7.51. The molecule has 1 aliphatic rings. The SMILES string of the molecule is Cn1nc(C(F)(F)F)c(/C(OC(=O)C2(C)CCCCC2)=C(\C#N)c2csc(C(C)(C)C)n2)c1Cl. The number of aromatic nitrogens is 3. The van der Waals surface area contributed by atoms with Gasteiger partial charge in [-0.2, -0.15) is 23.5 Å². The van der Waals surface area contributed by atoms with E-state index in [4.69, 9.17) is 16.3 Å². The highest BCUT2D eigenvalue weighted by Crippen LogP contribution is 2.44. The van der Waals surface area contributed by atoms with Crippen LogP contribution < -0.4 is 0 Å². The van der Waals surface area contributed by atoms with Crippen LogP contribution in [0.1, 0.15) is 81.8 Å². The molecule has 0 amide bonds. The average Bonchev–Trinajstić information content (AvgIpc) is 3.34. The summed E-state index contributed by atoms with van der Waals surface area (Å²) in [5.41, 5.74) is -3.40. The highest BCUT2D eigenvalue weighted by molar-refractivity contribution is 7.10. The van der Waals surface area contributed by atoms with Crippen LogP contribution in [0.15, 0.2) is 5.38 Å². The minimum Gasteiger partial charge on any atom is -0.424 e. The molecule has 184 valence electrons. The van der Waals surface area contributed by atoms with E-state index in [1.807, 2.05) is 26.8 Å². The van der Waals surface area contributed by atoms with E-state index >= 15 is 0 Å². The largest absolute Gasteiger partial charge is 0.435 e. The van der Waals surface area contributed by atoms with E-state index in [-0.39, 0.29) is 16.7 Å². The molecular formula is C23H26ClF3N4O2S. The van der Waals surface area contributed by atoms with Gasteiger partial charge in [0.1, 0.15) is 16.8 Å². The van der Waals surface area contributed by atoms with Crippen LogP contribution in [0.3, 0.4) is 0 Å². The summed E-state index contributed by atoms with van der Waals surface area (Å²) in [7, 11) is 1.25. The van der Waals surface area contributed by atoms with Crippen molar-refractivity contribution in [2.75, 3.05) is 0 Å². The number of esters is 1. The molecule has 0 saturated heterocycles. The third kappa shape index (κ3) is 5.15. The molecule has 3 rings (SSSR count). The molecular weight excluding hydrogens is 489 g/mol. The van der Waals surface area contributed by atoms with Crippen molar-refractivity contribution in [3.8, 4) is 6.07 Å². The zero-order chi connectivity index (χ0) is 25.5. The van der Waals surface area contributed by atoms with Gasteiger partial charge in [0.15, 0.2) is 11.5 Å². The summed E-state index contributed by atoms with van der Waals surface area (Å²) in [6.07, 6.45) is -1.24. The molecule has 1 fully saturated rings. The standard InChI is InChI=1S/C23H26ClF3N4O2S/c1-21(2,3)19-29-14(12-34-19)13(11-28)16(33-20(32)22(4)9-7-6-8-10-22)15-17(23(25,26)27)30-31(5)18(15)24/h12H,6-10H2,1-5H3/b16-13-. The zero-order valence-corrected chi connectivity index (χ0v) is 21.2. The molecule has 2 heterocycles. The third-order valence-electron chi connectivity index (χ3n) is 5.86. The first-order valence-electron chi connectivity index (χ1n) is 10.8. The van der Waals surface area contributed by atoms with Gasteiger partial charge >= 0.3 is 12.1 Å². The van der Waals surface area contributed by atoms with Crippen molar-refractivity contribution in [1.29, 1.82) is 5.26 Å². The van der Waals surface area contributed by atoms with Crippen molar-refractivity contribution in [3.63, 3.8) is 0 Å². The number of hydrogen-bond acceptors (Lipinski definition) is 6. The summed E-state index contributed by atoms with van der Waals surface area (Å²) in [4.78, 5) is 17.7. The number of alkyl halides is 3. The van der Waals surface area contributed by atoms with Gasteiger partial charge < -0.3 is 4.74 Å². The molecule has 0 atom stereocenters. The molecule has 0 bridgehead atoms. The van der Waals surface area contributed by atoms with Crippen LogP contribution in [0.2, 0.25) is 5.15 Å². The fourth-order valence-electron chi connectivity index (χ4n) is 3.84. The van der Waals surface area contributed by atoms with Gasteiger partial charge in [-0.3, -0.25) is 9.48 Å². The van der Waals surface area contributed by atoms with E-state index in [0.717, 1.165) is 23.9 Å². The average molecular weight is 515 g/mol. The molecule has 0 spiro atoms. The maximum atomic E-state index is 13.9. The zero-order valence-electron chi connectivity index (χ0n) is 19.6. The molecule has 2 aromatic heterocycles. The summed E-state index contributed by atoms with van der Waals surface area (Å²) in [6, 6.07) is 1.90. The Kier molecular flexibility index (Phi) is 7.21. The van der Waals surface area contributed by atoms with Crippen molar-refractivity contribution in [2.45, 2.75) is 71.4 Å².